The van der Waals surface area contributed by atoms with Gasteiger partial charge in [0.1, 0.15) is 18.0 Å². The molecule has 1 aromatic rings. The zero-order valence-corrected chi connectivity index (χ0v) is 10.3. The fraction of sp³-hybridized carbons (Fsp3) is 0.571. The minimum Gasteiger partial charge on any atom is -0.491 e. The van der Waals surface area contributed by atoms with Crippen LogP contribution >= 0.6 is 0 Å². The van der Waals surface area contributed by atoms with Gasteiger partial charge in [-0.2, -0.15) is 0 Å². The highest BCUT2D eigenvalue weighted by atomic mass is 16.5. The molecule has 0 amide bonds. The number of aliphatic hydroxyl groups is 1. The van der Waals surface area contributed by atoms with Gasteiger partial charge in [-0.05, 0) is 24.1 Å². The Morgan fingerprint density at radius 3 is 2.47 bits per heavy atom. The molecule has 0 radical (unpaired) electrons. The second-order valence-corrected chi connectivity index (χ2v) is 4.62. The van der Waals surface area contributed by atoms with Crippen LogP contribution in [0.5, 0.6) is 5.75 Å². The third-order valence-corrected chi connectivity index (χ3v) is 3.26. The highest BCUT2D eigenvalue weighted by Crippen LogP contribution is 2.22. The molecular formula is C14H20O3. The third kappa shape index (κ3) is 3.45. The highest BCUT2D eigenvalue weighted by Gasteiger charge is 2.30. The Labute approximate surface area is 102 Å². The number of benzene rings is 1. The van der Waals surface area contributed by atoms with Gasteiger partial charge in [0.05, 0.1) is 0 Å². The van der Waals surface area contributed by atoms with Gasteiger partial charge in [-0.15, -0.1) is 0 Å². The smallest absolute Gasteiger partial charge is 0.119 e. The van der Waals surface area contributed by atoms with E-state index in [9.17, 15) is 5.11 Å². The first-order valence-corrected chi connectivity index (χ1v) is 6.24. The van der Waals surface area contributed by atoms with Crippen molar-refractivity contribution in [2.24, 2.45) is 0 Å². The number of rotatable bonds is 4. The van der Waals surface area contributed by atoms with E-state index in [-0.39, 0.29) is 0 Å². The zero-order valence-electron chi connectivity index (χ0n) is 10.3. The summed E-state index contributed by atoms with van der Waals surface area (Å²) < 4.78 is 10.9. The molecule has 17 heavy (non-hydrogen) atoms. The summed E-state index contributed by atoms with van der Waals surface area (Å²) in [6, 6.07) is 8.04. The van der Waals surface area contributed by atoms with Crippen LogP contribution in [0.4, 0.5) is 0 Å². The fourth-order valence-electron chi connectivity index (χ4n) is 1.93. The molecule has 0 atom stereocenters. The van der Waals surface area contributed by atoms with Gasteiger partial charge in [-0.1, -0.05) is 19.1 Å². The molecule has 3 nitrogen and oxygen atoms in total. The van der Waals surface area contributed by atoms with E-state index < -0.39 is 5.60 Å². The summed E-state index contributed by atoms with van der Waals surface area (Å²) in [6.45, 7) is 3.71. The quantitative estimate of drug-likeness (QED) is 0.870. The molecule has 1 saturated heterocycles. The van der Waals surface area contributed by atoms with Crippen LogP contribution in [0.2, 0.25) is 0 Å². The van der Waals surface area contributed by atoms with Crippen LogP contribution in [0.15, 0.2) is 24.3 Å². The van der Waals surface area contributed by atoms with E-state index in [1.54, 1.807) is 0 Å². The van der Waals surface area contributed by atoms with Crippen LogP contribution in [0, 0.1) is 0 Å². The van der Waals surface area contributed by atoms with E-state index in [4.69, 9.17) is 9.47 Å². The molecule has 1 fully saturated rings. The van der Waals surface area contributed by atoms with E-state index in [0.29, 0.717) is 32.7 Å². The van der Waals surface area contributed by atoms with Crippen LogP contribution in [0.3, 0.4) is 0 Å². The van der Waals surface area contributed by atoms with Crippen molar-refractivity contribution in [1.82, 2.24) is 0 Å². The second kappa shape index (κ2) is 5.52. The SMILES string of the molecule is CCc1ccc(OCC2(O)CCOCC2)cc1. The average Bonchev–Trinajstić information content (AvgIpc) is 2.38. The summed E-state index contributed by atoms with van der Waals surface area (Å²) in [4.78, 5) is 0. The summed E-state index contributed by atoms with van der Waals surface area (Å²) in [5, 5.41) is 10.2. The molecule has 0 saturated carbocycles. The number of hydrogen-bond acceptors (Lipinski definition) is 3. The normalized spacial score (nSPS) is 18.9. The summed E-state index contributed by atoms with van der Waals surface area (Å²) in [7, 11) is 0. The van der Waals surface area contributed by atoms with Crippen LogP contribution < -0.4 is 4.74 Å². The summed E-state index contributed by atoms with van der Waals surface area (Å²) in [5.41, 5.74) is 0.573. The van der Waals surface area contributed by atoms with E-state index >= 15 is 0 Å². The molecule has 94 valence electrons. The molecule has 1 aromatic carbocycles. The molecule has 1 aliphatic rings. The van der Waals surface area contributed by atoms with Crippen molar-refractivity contribution in [3.63, 3.8) is 0 Å². The van der Waals surface area contributed by atoms with Crippen molar-refractivity contribution < 1.29 is 14.6 Å². The molecule has 3 heteroatoms. The molecule has 0 aromatic heterocycles. The van der Waals surface area contributed by atoms with Gasteiger partial charge in [0.15, 0.2) is 0 Å². The minimum atomic E-state index is -0.721. The standard InChI is InChI=1S/C14H20O3/c1-2-12-3-5-13(6-4-12)17-11-14(15)7-9-16-10-8-14/h3-6,15H,2,7-11H2,1H3. The Hall–Kier alpha value is -1.06. The first-order valence-electron chi connectivity index (χ1n) is 6.24. The lowest BCUT2D eigenvalue weighted by Gasteiger charge is -2.31. The molecule has 1 aliphatic heterocycles. The zero-order chi connectivity index (χ0) is 12.1. The topological polar surface area (TPSA) is 38.7 Å². The van der Waals surface area contributed by atoms with E-state index in [0.717, 1.165) is 12.2 Å². The molecule has 2 rings (SSSR count). The summed E-state index contributed by atoms with van der Waals surface area (Å²) in [6.07, 6.45) is 2.33. The largest absolute Gasteiger partial charge is 0.491 e. The lowest BCUT2D eigenvalue weighted by Crippen LogP contribution is -2.41. The van der Waals surface area contributed by atoms with Crippen molar-refractivity contribution in [1.29, 1.82) is 0 Å². The molecule has 0 aliphatic carbocycles. The average molecular weight is 236 g/mol. The van der Waals surface area contributed by atoms with Crippen molar-refractivity contribution >= 4 is 0 Å². The maximum Gasteiger partial charge on any atom is 0.119 e. The maximum atomic E-state index is 10.2. The van der Waals surface area contributed by atoms with Crippen LogP contribution in [-0.4, -0.2) is 30.5 Å². The first-order chi connectivity index (χ1) is 8.22. The lowest BCUT2D eigenvalue weighted by molar-refractivity contribution is -0.0855. The Kier molecular flexibility index (Phi) is 4.02. The predicted molar refractivity (Wildman–Crippen MR) is 66.3 cm³/mol. The fourth-order valence-corrected chi connectivity index (χ4v) is 1.93. The Balaban J connectivity index is 1.87. The maximum absolute atomic E-state index is 10.2. The van der Waals surface area contributed by atoms with Gasteiger partial charge in [0.25, 0.3) is 0 Å². The summed E-state index contributed by atoms with van der Waals surface area (Å²) in [5.74, 6) is 0.821. The van der Waals surface area contributed by atoms with Crippen LogP contribution in [0.25, 0.3) is 0 Å². The van der Waals surface area contributed by atoms with Crippen molar-refractivity contribution in [2.75, 3.05) is 19.8 Å². The molecule has 1 N–H and O–H groups in total. The number of aryl methyl sites for hydroxylation is 1. The van der Waals surface area contributed by atoms with Crippen molar-refractivity contribution in [3.05, 3.63) is 29.8 Å². The first kappa shape index (κ1) is 12.4. The van der Waals surface area contributed by atoms with Gasteiger partial charge in [0, 0.05) is 26.1 Å². The molecule has 1 heterocycles. The molecule has 0 unspecified atom stereocenters. The molecule has 0 bridgehead atoms. The Bertz CT molecular complexity index is 339. The van der Waals surface area contributed by atoms with Gasteiger partial charge in [-0.25, -0.2) is 0 Å². The monoisotopic (exact) mass is 236 g/mol. The molecule has 0 spiro atoms. The van der Waals surface area contributed by atoms with Gasteiger partial charge >= 0.3 is 0 Å². The minimum absolute atomic E-state index is 0.349. The predicted octanol–water partition coefficient (Wildman–Crippen LogP) is 2.17. The van der Waals surface area contributed by atoms with E-state index in [2.05, 4.69) is 19.1 Å². The van der Waals surface area contributed by atoms with E-state index in [1.165, 1.54) is 5.56 Å². The van der Waals surface area contributed by atoms with Gasteiger partial charge in [0.2, 0.25) is 0 Å². The lowest BCUT2D eigenvalue weighted by atomic mass is 9.96. The van der Waals surface area contributed by atoms with E-state index in [1.807, 2.05) is 12.1 Å². The van der Waals surface area contributed by atoms with Crippen molar-refractivity contribution in [2.45, 2.75) is 31.8 Å². The number of ether oxygens (including phenoxy) is 2. The van der Waals surface area contributed by atoms with Gasteiger partial charge in [-0.3, -0.25) is 0 Å². The third-order valence-electron chi connectivity index (χ3n) is 3.26. The Morgan fingerprint density at radius 1 is 1.24 bits per heavy atom. The number of hydrogen-bond donors (Lipinski definition) is 1. The molecular weight excluding hydrogens is 216 g/mol. The summed E-state index contributed by atoms with van der Waals surface area (Å²) >= 11 is 0. The van der Waals surface area contributed by atoms with Gasteiger partial charge < -0.3 is 14.6 Å². The van der Waals surface area contributed by atoms with Crippen LogP contribution in [-0.2, 0) is 11.2 Å². The highest BCUT2D eigenvalue weighted by molar-refractivity contribution is 5.27. The van der Waals surface area contributed by atoms with Crippen LogP contribution in [0.1, 0.15) is 25.3 Å². The Morgan fingerprint density at radius 2 is 1.88 bits per heavy atom. The second-order valence-electron chi connectivity index (χ2n) is 4.62. The van der Waals surface area contributed by atoms with Crippen molar-refractivity contribution in [3.8, 4) is 5.75 Å².